The monoisotopic (exact) mass is 308 g/mol. The summed E-state index contributed by atoms with van der Waals surface area (Å²) in [7, 11) is 0. The molecule has 0 aliphatic rings. The Morgan fingerprint density at radius 3 is 2.64 bits per heavy atom. The quantitative estimate of drug-likeness (QED) is 0.655. The third-order valence-electron chi connectivity index (χ3n) is 3.57. The van der Waals surface area contributed by atoms with E-state index in [4.69, 9.17) is 18.2 Å². The summed E-state index contributed by atoms with van der Waals surface area (Å²) < 4.78 is 1.96. The van der Waals surface area contributed by atoms with Crippen molar-refractivity contribution in [3.63, 3.8) is 0 Å². The van der Waals surface area contributed by atoms with Crippen LogP contribution in [0.1, 0.15) is 11.1 Å². The molecule has 0 fully saturated rings. The standard InChI is InChI=1S/C18H15ClN3/c1-13-10-15(11-16(19)18(13)20-2)17-8-9-21-22(17)12-14-6-4-3-5-7-14/h2-11H,12H2,1H3/q+1. The molecule has 0 amide bonds. The highest BCUT2D eigenvalue weighted by Gasteiger charge is 2.16. The Hall–Kier alpha value is -2.57. The van der Waals surface area contributed by atoms with Crippen LogP contribution in [0.25, 0.3) is 16.1 Å². The predicted molar refractivity (Wildman–Crippen MR) is 90.9 cm³/mol. The second-order valence-corrected chi connectivity index (χ2v) is 5.52. The first-order valence-electron chi connectivity index (χ1n) is 6.96. The Kier molecular flexibility index (Phi) is 3.95. The summed E-state index contributed by atoms with van der Waals surface area (Å²) in [5.41, 5.74) is 4.78. The van der Waals surface area contributed by atoms with Crippen LogP contribution in [0.4, 0.5) is 5.69 Å². The molecular weight excluding hydrogens is 294 g/mol. The van der Waals surface area contributed by atoms with Gasteiger partial charge in [0.1, 0.15) is 5.02 Å². The molecule has 0 aliphatic carbocycles. The molecule has 3 rings (SSSR count). The molecule has 0 N–H and O–H groups in total. The minimum absolute atomic E-state index is 0.546. The first-order chi connectivity index (χ1) is 10.7. The Morgan fingerprint density at radius 2 is 1.95 bits per heavy atom. The van der Waals surface area contributed by atoms with Gasteiger partial charge in [-0.05, 0) is 35.5 Å². The average Bonchev–Trinajstić information content (AvgIpc) is 2.96. The molecule has 3 aromatic rings. The normalized spacial score (nSPS) is 10.4. The number of nitrogens with zero attached hydrogens (tertiary/aromatic N) is 3. The molecule has 0 aliphatic heterocycles. The van der Waals surface area contributed by atoms with Gasteiger partial charge in [-0.2, -0.15) is 5.10 Å². The Bertz CT molecular complexity index is 821. The lowest BCUT2D eigenvalue weighted by Gasteiger charge is -2.08. The molecule has 0 bridgehead atoms. The van der Waals surface area contributed by atoms with Gasteiger partial charge in [0.05, 0.1) is 12.2 Å². The Morgan fingerprint density at radius 1 is 1.18 bits per heavy atom. The molecule has 0 saturated carbocycles. The Labute approximate surface area is 134 Å². The molecule has 1 heterocycles. The molecule has 108 valence electrons. The smallest absolute Gasteiger partial charge is 0.260 e. The maximum Gasteiger partial charge on any atom is 0.361 e. The molecule has 22 heavy (non-hydrogen) atoms. The van der Waals surface area contributed by atoms with E-state index in [1.54, 1.807) is 6.20 Å². The third kappa shape index (κ3) is 2.74. The van der Waals surface area contributed by atoms with E-state index in [-0.39, 0.29) is 0 Å². The summed E-state index contributed by atoms with van der Waals surface area (Å²) in [4.78, 5) is 3.73. The van der Waals surface area contributed by atoms with Gasteiger partial charge in [-0.15, -0.1) is 0 Å². The fourth-order valence-corrected chi connectivity index (χ4v) is 2.82. The summed E-state index contributed by atoms with van der Waals surface area (Å²) in [6, 6.07) is 16.1. The van der Waals surface area contributed by atoms with Crippen LogP contribution in [-0.2, 0) is 6.54 Å². The van der Waals surface area contributed by atoms with E-state index >= 15 is 0 Å². The van der Waals surface area contributed by atoms with Crippen LogP contribution in [0.2, 0.25) is 5.02 Å². The van der Waals surface area contributed by atoms with Gasteiger partial charge < -0.3 is 0 Å². The lowest BCUT2D eigenvalue weighted by Crippen LogP contribution is -2.03. The van der Waals surface area contributed by atoms with E-state index in [0.29, 0.717) is 17.3 Å². The van der Waals surface area contributed by atoms with E-state index in [9.17, 15) is 0 Å². The molecule has 0 spiro atoms. The third-order valence-corrected chi connectivity index (χ3v) is 3.86. The van der Waals surface area contributed by atoms with Gasteiger partial charge in [-0.25, -0.2) is 0 Å². The zero-order valence-electron chi connectivity index (χ0n) is 12.2. The fourth-order valence-electron chi connectivity index (χ4n) is 2.51. The van der Waals surface area contributed by atoms with E-state index in [1.165, 1.54) is 5.56 Å². The zero-order valence-corrected chi connectivity index (χ0v) is 13.0. The molecule has 2 aromatic carbocycles. The van der Waals surface area contributed by atoms with Crippen LogP contribution in [0.3, 0.4) is 0 Å². The van der Waals surface area contributed by atoms with Crippen molar-refractivity contribution in [1.82, 2.24) is 9.78 Å². The van der Waals surface area contributed by atoms with Crippen molar-refractivity contribution < 1.29 is 0 Å². The van der Waals surface area contributed by atoms with Crippen LogP contribution in [0.15, 0.2) is 54.7 Å². The van der Waals surface area contributed by atoms with Gasteiger partial charge in [0.25, 0.3) is 6.57 Å². The molecule has 1 aromatic heterocycles. The predicted octanol–water partition coefficient (Wildman–Crippen LogP) is 5.15. The topological polar surface area (TPSA) is 22.2 Å². The van der Waals surface area contributed by atoms with Crippen molar-refractivity contribution in [3.8, 4) is 17.8 Å². The molecule has 3 nitrogen and oxygen atoms in total. The lowest BCUT2D eigenvalue weighted by molar-refractivity contribution is 0.694. The van der Waals surface area contributed by atoms with Crippen LogP contribution >= 0.6 is 11.6 Å². The number of rotatable bonds is 3. The first-order valence-corrected chi connectivity index (χ1v) is 7.34. The minimum Gasteiger partial charge on any atom is -0.260 e. The summed E-state index contributed by atoms with van der Waals surface area (Å²) in [5.74, 6) is 0. The molecule has 0 unspecified atom stereocenters. The van der Waals surface area contributed by atoms with Crippen molar-refractivity contribution in [2.24, 2.45) is 0 Å². The van der Waals surface area contributed by atoms with Crippen molar-refractivity contribution in [1.29, 1.82) is 0 Å². The number of aryl methyl sites for hydroxylation is 1. The number of aromatic nitrogens is 2. The highest BCUT2D eigenvalue weighted by atomic mass is 35.5. The second-order valence-electron chi connectivity index (χ2n) is 5.11. The van der Waals surface area contributed by atoms with Crippen LogP contribution in [0, 0.1) is 13.5 Å². The highest BCUT2D eigenvalue weighted by Crippen LogP contribution is 2.34. The number of halogens is 1. The second kappa shape index (κ2) is 6.05. The fraction of sp³-hybridized carbons (Fsp3) is 0.111. The van der Waals surface area contributed by atoms with Gasteiger partial charge in [-0.3, -0.25) is 4.68 Å². The van der Waals surface area contributed by atoms with E-state index in [1.807, 2.05) is 48.0 Å². The van der Waals surface area contributed by atoms with Gasteiger partial charge in [-0.1, -0.05) is 41.9 Å². The lowest BCUT2D eigenvalue weighted by atomic mass is 10.1. The SMILES string of the molecule is C#[N+]c1c(C)cc(-c2ccnn2Cc2ccccc2)cc1Cl. The van der Waals surface area contributed by atoms with Crippen LogP contribution in [0.5, 0.6) is 0 Å². The van der Waals surface area contributed by atoms with Crippen LogP contribution in [-0.4, -0.2) is 9.78 Å². The largest absolute Gasteiger partial charge is 0.361 e. The van der Waals surface area contributed by atoms with Gasteiger partial charge in [0.15, 0.2) is 0 Å². The van der Waals surface area contributed by atoms with Gasteiger partial charge >= 0.3 is 5.69 Å². The summed E-state index contributed by atoms with van der Waals surface area (Å²) in [6.45, 7) is 8.03. The van der Waals surface area contributed by atoms with Crippen molar-refractivity contribution in [2.75, 3.05) is 0 Å². The number of hydrogen-bond donors (Lipinski definition) is 0. The Balaban J connectivity index is 2.01. The van der Waals surface area contributed by atoms with Crippen molar-refractivity contribution >= 4 is 17.3 Å². The summed E-state index contributed by atoms with van der Waals surface area (Å²) >= 11 is 6.26. The summed E-state index contributed by atoms with van der Waals surface area (Å²) in [6.07, 6.45) is 1.79. The first kappa shape index (κ1) is 14.4. The molecule has 4 heteroatoms. The summed E-state index contributed by atoms with van der Waals surface area (Å²) in [5, 5.41) is 4.96. The van der Waals surface area contributed by atoms with Crippen LogP contribution < -0.4 is 0 Å². The highest BCUT2D eigenvalue weighted by molar-refractivity contribution is 6.33. The molecule has 0 radical (unpaired) electrons. The molecule has 0 saturated heterocycles. The maximum atomic E-state index is 6.26. The number of hydrogen-bond acceptors (Lipinski definition) is 1. The van der Waals surface area contributed by atoms with Gasteiger partial charge in [0.2, 0.25) is 0 Å². The van der Waals surface area contributed by atoms with E-state index < -0.39 is 0 Å². The van der Waals surface area contributed by atoms with Crippen molar-refractivity contribution in [2.45, 2.75) is 13.5 Å². The minimum atomic E-state index is 0.546. The van der Waals surface area contributed by atoms with Gasteiger partial charge in [0, 0.05) is 17.3 Å². The van der Waals surface area contributed by atoms with E-state index in [2.05, 4.69) is 22.1 Å². The van der Waals surface area contributed by atoms with Crippen molar-refractivity contribution in [3.05, 3.63) is 75.7 Å². The van der Waals surface area contributed by atoms with E-state index in [0.717, 1.165) is 16.8 Å². The average molecular weight is 309 g/mol. The zero-order chi connectivity index (χ0) is 15.5. The maximum absolute atomic E-state index is 6.26. The number of benzene rings is 2. The molecule has 0 atom stereocenters. The molecular formula is C18H15ClN3+.